The van der Waals surface area contributed by atoms with Crippen molar-refractivity contribution >= 4 is 23.8 Å². The van der Waals surface area contributed by atoms with Gasteiger partial charge in [-0.1, -0.05) is 30.3 Å². The summed E-state index contributed by atoms with van der Waals surface area (Å²) in [4.78, 5) is 46.7. The van der Waals surface area contributed by atoms with Gasteiger partial charge < -0.3 is 29.1 Å². The average Bonchev–Trinajstić information content (AvgIpc) is 2.71. The van der Waals surface area contributed by atoms with E-state index in [0.29, 0.717) is 26.3 Å². The third-order valence-corrected chi connectivity index (χ3v) is 4.06. The number of ether oxygens (including phenoxy) is 3. The first-order valence-corrected chi connectivity index (χ1v) is 9.08. The molecule has 0 bridgehead atoms. The SMILES string of the molecule is O=C(CN1CCOCC1=O)OCc1ccccc1.O=C(O)CN1CCOCC1=O. The number of morpholine rings is 2. The van der Waals surface area contributed by atoms with Crippen molar-refractivity contribution in [2.75, 3.05) is 52.6 Å². The fraction of sp³-hybridized carbons (Fsp3) is 0.474. The highest BCUT2D eigenvalue weighted by molar-refractivity contribution is 5.83. The van der Waals surface area contributed by atoms with E-state index in [4.69, 9.17) is 19.3 Å². The summed E-state index contributed by atoms with van der Waals surface area (Å²) in [6.45, 7) is 1.79. The van der Waals surface area contributed by atoms with Crippen molar-refractivity contribution < 1.29 is 38.5 Å². The standard InChI is InChI=1S/C13H15NO4.C6H9NO4/c15-12-10-17-7-6-14(12)8-13(16)18-9-11-4-2-1-3-5-11;8-5-4-11-2-1-7(5)3-6(9)10/h1-5H,6-10H2;1-4H2,(H,9,10). The number of amides is 2. The summed E-state index contributed by atoms with van der Waals surface area (Å²) in [6, 6.07) is 9.43. The third-order valence-electron chi connectivity index (χ3n) is 4.06. The Morgan fingerprint density at radius 3 is 2.00 bits per heavy atom. The minimum atomic E-state index is -0.986. The van der Waals surface area contributed by atoms with E-state index in [1.54, 1.807) is 0 Å². The fourth-order valence-corrected chi connectivity index (χ4v) is 2.54. The van der Waals surface area contributed by atoms with Crippen LogP contribution < -0.4 is 0 Å². The van der Waals surface area contributed by atoms with E-state index in [2.05, 4.69) is 0 Å². The zero-order valence-corrected chi connectivity index (χ0v) is 16.0. The maximum absolute atomic E-state index is 11.6. The van der Waals surface area contributed by atoms with Crippen molar-refractivity contribution in [3.8, 4) is 0 Å². The summed E-state index contributed by atoms with van der Waals surface area (Å²) < 4.78 is 14.9. The molecule has 10 nitrogen and oxygen atoms in total. The molecule has 0 atom stereocenters. The molecule has 2 heterocycles. The second-order valence-electron chi connectivity index (χ2n) is 6.28. The normalized spacial score (nSPS) is 16.7. The van der Waals surface area contributed by atoms with Gasteiger partial charge in [0.2, 0.25) is 11.8 Å². The monoisotopic (exact) mass is 408 g/mol. The second kappa shape index (κ2) is 11.8. The molecule has 0 saturated carbocycles. The van der Waals surface area contributed by atoms with Crippen molar-refractivity contribution in [1.29, 1.82) is 0 Å². The zero-order chi connectivity index (χ0) is 21.1. The minimum absolute atomic E-state index is 0.00493. The highest BCUT2D eigenvalue weighted by Gasteiger charge is 2.21. The molecular formula is C19H24N2O8. The highest BCUT2D eigenvalue weighted by atomic mass is 16.5. The quantitative estimate of drug-likeness (QED) is 0.626. The summed E-state index contributed by atoms with van der Waals surface area (Å²) in [5.41, 5.74) is 0.930. The van der Waals surface area contributed by atoms with Gasteiger partial charge in [-0.2, -0.15) is 0 Å². The van der Waals surface area contributed by atoms with Crippen LogP contribution in [0, 0.1) is 0 Å². The molecule has 3 rings (SSSR count). The van der Waals surface area contributed by atoms with Crippen LogP contribution in [0.3, 0.4) is 0 Å². The topological polar surface area (TPSA) is 123 Å². The number of carboxylic acids is 1. The van der Waals surface area contributed by atoms with Crippen LogP contribution in [0.25, 0.3) is 0 Å². The summed E-state index contributed by atoms with van der Waals surface area (Å²) in [6.07, 6.45) is 0. The Morgan fingerprint density at radius 2 is 1.48 bits per heavy atom. The van der Waals surface area contributed by atoms with Crippen LogP contribution in [0.1, 0.15) is 5.56 Å². The van der Waals surface area contributed by atoms with Gasteiger partial charge in [-0.15, -0.1) is 0 Å². The van der Waals surface area contributed by atoms with E-state index in [1.807, 2.05) is 30.3 Å². The van der Waals surface area contributed by atoms with Gasteiger partial charge in [0.05, 0.1) is 13.2 Å². The predicted octanol–water partition coefficient (Wildman–Crippen LogP) is -0.482. The predicted molar refractivity (Wildman–Crippen MR) is 98.7 cm³/mol. The first-order valence-electron chi connectivity index (χ1n) is 9.08. The smallest absolute Gasteiger partial charge is 0.325 e. The Hall–Kier alpha value is -2.98. The van der Waals surface area contributed by atoms with Crippen LogP contribution in [-0.2, 0) is 40.0 Å². The molecule has 2 aliphatic heterocycles. The number of benzene rings is 1. The molecule has 2 amide bonds. The first kappa shape index (κ1) is 22.3. The van der Waals surface area contributed by atoms with Gasteiger partial charge in [-0.05, 0) is 5.56 Å². The van der Waals surface area contributed by atoms with E-state index in [9.17, 15) is 19.2 Å². The number of carbonyl (C=O) groups excluding carboxylic acids is 3. The maximum Gasteiger partial charge on any atom is 0.325 e. The molecule has 2 fully saturated rings. The minimum Gasteiger partial charge on any atom is -0.480 e. The van der Waals surface area contributed by atoms with E-state index < -0.39 is 11.9 Å². The molecule has 0 aliphatic carbocycles. The lowest BCUT2D eigenvalue weighted by Crippen LogP contribution is -2.44. The van der Waals surface area contributed by atoms with Gasteiger partial charge in [0, 0.05) is 13.1 Å². The molecule has 1 aromatic carbocycles. The molecule has 0 spiro atoms. The van der Waals surface area contributed by atoms with E-state index in [0.717, 1.165) is 5.56 Å². The van der Waals surface area contributed by atoms with Crippen LogP contribution >= 0.6 is 0 Å². The molecule has 0 radical (unpaired) electrons. The number of esters is 1. The van der Waals surface area contributed by atoms with Gasteiger partial charge in [-0.3, -0.25) is 19.2 Å². The van der Waals surface area contributed by atoms with Crippen molar-refractivity contribution in [1.82, 2.24) is 9.80 Å². The number of carbonyl (C=O) groups is 4. The van der Waals surface area contributed by atoms with Crippen LogP contribution in [0.4, 0.5) is 0 Å². The summed E-state index contributed by atoms with van der Waals surface area (Å²) in [5, 5.41) is 8.35. The van der Waals surface area contributed by atoms with Crippen molar-refractivity contribution in [3.63, 3.8) is 0 Å². The van der Waals surface area contributed by atoms with E-state index in [1.165, 1.54) is 9.80 Å². The summed E-state index contributed by atoms with van der Waals surface area (Å²) in [7, 11) is 0. The lowest BCUT2D eigenvalue weighted by molar-refractivity contribution is -0.155. The van der Waals surface area contributed by atoms with Crippen molar-refractivity contribution in [2.24, 2.45) is 0 Å². The number of hydrogen-bond acceptors (Lipinski definition) is 7. The van der Waals surface area contributed by atoms with Gasteiger partial charge in [0.25, 0.3) is 0 Å². The van der Waals surface area contributed by atoms with Gasteiger partial charge >= 0.3 is 11.9 Å². The van der Waals surface area contributed by atoms with Crippen LogP contribution in [-0.4, -0.2) is 91.3 Å². The molecule has 10 heteroatoms. The fourth-order valence-electron chi connectivity index (χ4n) is 2.54. The van der Waals surface area contributed by atoms with Gasteiger partial charge in [0.15, 0.2) is 0 Å². The van der Waals surface area contributed by atoms with Gasteiger partial charge in [-0.25, -0.2) is 0 Å². The van der Waals surface area contributed by atoms with E-state index >= 15 is 0 Å². The lowest BCUT2D eigenvalue weighted by Gasteiger charge is -2.25. The number of nitrogens with zero attached hydrogens (tertiary/aromatic N) is 2. The molecular weight excluding hydrogens is 384 g/mol. The van der Waals surface area contributed by atoms with Gasteiger partial charge in [0.1, 0.15) is 32.9 Å². The third kappa shape index (κ3) is 8.28. The Labute approximate surface area is 167 Å². The van der Waals surface area contributed by atoms with Crippen LogP contribution in [0.15, 0.2) is 30.3 Å². The molecule has 1 N–H and O–H groups in total. The van der Waals surface area contributed by atoms with Crippen LogP contribution in [0.5, 0.6) is 0 Å². The molecule has 29 heavy (non-hydrogen) atoms. The molecule has 0 aromatic heterocycles. The van der Waals surface area contributed by atoms with Crippen molar-refractivity contribution in [2.45, 2.75) is 6.61 Å². The Morgan fingerprint density at radius 1 is 0.931 bits per heavy atom. The number of rotatable bonds is 6. The summed E-state index contributed by atoms with van der Waals surface area (Å²) >= 11 is 0. The Kier molecular flexibility index (Phi) is 9.06. The van der Waals surface area contributed by atoms with Crippen LogP contribution in [0.2, 0.25) is 0 Å². The molecule has 1 aromatic rings. The zero-order valence-electron chi connectivity index (χ0n) is 16.0. The lowest BCUT2D eigenvalue weighted by atomic mass is 10.2. The summed E-state index contributed by atoms with van der Waals surface area (Å²) in [5.74, 6) is -1.80. The van der Waals surface area contributed by atoms with E-state index in [-0.39, 0.29) is 44.7 Å². The number of carboxylic acid groups (broad SMARTS) is 1. The first-order chi connectivity index (χ1) is 14.0. The average molecular weight is 408 g/mol. The number of aliphatic carboxylic acids is 1. The molecule has 2 saturated heterocycles. The van der Waals surface area contributed by atoms with Crippen molar-refractivity contribution in [3.05, 3.63) is 35.9 Å². The highest BCUT2D eigenvalue weighted by Crippen LogP contribution is 2.03. The Balaban J connectivity index is 0.000000234. The largest absolute Gasteiger partial charge is 0.480 e. The molecule has 158 valence electrons. The second-order valence-corrected chi connectivity index (χ2v) is 6.28. The number of hydrogen-bond donors (Lipinski definition) is 1. The molecule has 2 aliphatic rings. The molecule has 0 unspecified atom stereocenters. The Bertz CT molecular complexity index is 709. The maximum atomic E-state index is 11.6.